The van der Waals surface area contributed by atoms with Crippen molar-refractivity contribution in [1.29, 1.82) is 0 Å². The van der Waals surface area contributed by atoms with Crippen LogP contribution in [0.4, 0.5) is 0 Å². The molecule has 0 saturated heterocycles. The van der Waals surface area contributed by atoms with Gasteiger partial charge in [-0.15, -0.1) is 0 Å². The third kappa shape index (κ3) is 2.39. The van der Waals surface area contributed by atoms with Gasteiger partial charge in [0.2, 0.25) is 0 Å². The number of nitrogens with zero attached hydrogens (tertiary/aromatic N) is 2. The summed E-state index contributed by atoms with van der Waals surface area (Å²) < 4.78 is 2.11. The second-order valence-electron chi connectivity index (χ2n) is 5.86. The van der Waals surface area contributed by atoms with Crippen LogP contribution in [0.2, 0.25) is 0 Å². The number of aliphatic hydroxyl groups is 1. The van der Waals surface area contributed by atoms with Gasteiger partial charge in [-0.25, -0.2) is 4.98 Å². The van der Waals surface area contributed by atoms with Crippen molar-refractivity contribution >= 4 is 21.8 Å². The number of benzene rings is 3. The molecule has 0 aliphatic heterocycles. The lowest BCUT2D eigenvalue weighted by molar-refractivity contribution is 0.185. The Hall–Kier alpha value is -2.65. The number of fused-ring (bicyclic) bond motifs is 2. The Kier molecular flexibility index (Phi) is 3.36. The Balaban J connectivity index is 1.91. The summed E-state index contributed by atoms with van der Waals surface area (Å²) in [6.45, 7) is 2.46. The molecule has 23 heavy (non-hydrogen) atoms. The fourth-order valence-electron chi connectivity index (χ4n) is 3.18. The van der Waals surface area contributed by atoms with E-state index in [1.807, 2.05) is 18.2 Å². The van der Waals surface area contributed by atoms with Crippen molar-refractivity contribution < 1.29 is 5.11 Å². The van der Waals surface area contributed by atoms with Crippen molar-refractivity contribution in [3.63, 3.8) is 0 Å². The van der Waals surface area contributed by atoms with Gasteiger partial charge in [0.1, 0.15) is 11.9 Å². The predicted molar refractivity (Wildman–Crippen MR) is 93.4 cm³/mol. The molecule has 0 amide bonds. The average Bonchev–Trinajstić information content (AvgIpc) is 2.94. The Labute approximate surface area is 134 Å². The van der Waals surface area contributed by atoms with Crippen LogP contribution in [0.3, 0.4) is 0 Å². The van der Waals surface area contributed by atoms with Crippen LogP contribution in [0.5, 0.6) is 0 Å². The molecule has 0 aliphatic carbocycles. The molecular weight excluding hydrogens is 284 g/mol. The van der Waals surface area contributed by atoms with E-state index >= 15 is 0 Å². The monoisotopic (exact) mass is 302 g/mol. The number of hydrogen-bond acceptors (Lipinski definition) is 2. The summed E-state index contributed by atoms with van der Waals surface area (Å²) in [5.41, 5.74) is 3.20. The van der Waals surface area contributed by atoms with E-state index in [4.69, 9.17) is 0 Å². The predicted octanol–water partition coefficient (Wildman–Crippen LogP) is 4.29. The fourth-order valence-corrected chi connectivity index (χ4v) is 3.18. The molecular formula is C20H18N2O. The Bertz CT molecular complexity index is 980. The van der Waals surface area contributed by atoms with Gasteiger partial charge in [0, 0.05) is 0 Å². The topological polar surface area (TPSA) is 38.1 Å². The summed E-state index contributed by atoms with van der Waals surface area (Å²) in [7, 11) is 0. The van der Waals surface area contributed by atoms with Gasteiger partial charge >= 0.3 is 0 Å². The van der Waals surface area contributed by atoms with Crippen LogP contribution in [0.25, 0.3) is 21.8 Å². The van der Waals surface area contributed by atoms with Crippen molar-refractivity contribution in [1.82, 2.24) is 9.55 Å². The highest BCUT2D eigenvalue weighted by molar-refractivity contribution is 5.86. The molecule has 3 heteroatoms. The fraction of sp³-hybridized carbons (Fsp3) is 0.150. The third-order valence-corrected chi connectivity index (χ3v) is 4.27. The zero-order valence-electron chi connectivity index (χ0n) is 13.0. The summed E-state index contributed by atoms with van der Waals surface area (Å²) in [6, 6.07) is 22.8. The van der Waals surface area contributed by atoms with E-state index in [2.05, 4.69) is 58.1 Å². The molecule has 114 valence electrons. The maximum Gasteiger partial charge on any atom is 0.138 e. The molecule has 1 aromatic heterocycles. The molecule has 0 aliphatic rings. The lowest BCUT2D eigenvalue weighted by Gasteiger charge is -2.13. The van der Waals surface area contributed by atoms with Crippen LogP contribution >= 0.6 is 0 Å². The van der Waals surface area contributed by atoms with Gasteiger partial charge in [0.25, 0.3) is 0 Å². The van der Waals surface area contributed by atoms with Gasteiger partial charge < -0.3 is 9.67 Å². The normalized spacial score (nSPS) is 12.8. The van der Waals surface area contributed by atoms with Crippen LogP contribution in [0.15, 0.2) is 66.7 Å². The maximum absolute atomic E-state index is 10.1. The van der Waals surface area contributed by atoms with Crippen molar-refractivity contribution in [2.45, 2.75) is 19.6 Å². The molecule has 0 bridgehead atoms. The van der Waals surface area contributed by atoms with E-state index < -0.39 is 6.10 Å². The number of aliphatic hydroxyl groups excluding tert-OH is 1. The van der Waals surface area contributed by atoms with Crippen LogP contribution in [-0.4, -0.2) is 14.7 Å². The van der Waals surface area contributed by atoms with Crippen LogP contribution < -0.4 is 0 Å². The van der Waals surface area contributed by atoms with E-state index in [9.17, 15) is 5.11 Å². The summed E-state index contributed by atoms with van der Waals surface area (Å²) in [4.78, 5) is 4.60. The summed E-state index contributed by atoms with van der Waals surface area (Å²) in [5.74, 6) is 0.708. The van der Waals surface area contributed by atoms with E-state index in [0.29, 0.717) is 12.4 Å². The lowest BCUT2D eigenvalue weighted by Crippen LogP contribution is -2.08. The SMILES string of the molecule is C[C@H](O)c1nc2ccccc2n1Cc1cccc2ccccc12. The smallest absolute Gasteiger partial charge is 0.138 e. The second kappa shape index (κ2) is 5.52. The van der Waals surface area contributed by atoms with Gasteiger partial charge in [-0.1, -0.05) is 54.6 Å². The Morgan fingerprint density at radius 3 is 2.57 bits per heavy atom. The molecule has 0 fully saturated rings. The second-order valence-corrected chi connectivity index (χ2v) is 5.86. The summed E-state index contributed by atoms with van der Waals surface area (Å²) in [6.07, 6.45) is -0.600. The first-order chi connectivity index (χ1) is 11.2. The number of imidazole rings is 1. The quantitative estimate of drug-likeness (QED) is 0.613. The van der Waals surface area contributed by atoms with Gasteiger partial charge in [0.15, 0.2) is 0 Å². The molecule has 0 spiro atoms. The third-order valence-electron chi connectivity index (χ3n) is 4.27. The van der Waals surface area contributed by atoms with Gasteiger partial charge in [-0.05, 0) is 35.4 Å². The molecule has 1 heterocycles. The zero-order chi connectivity index (χ0) is 15.8. The highest BCUT2D eigenvalue weighted by Gasteiger charge is 2.15. The van der Waals surface area contributed by atoms with E-state index in [-0.39, 0.29) is 0 Å². The first-order valence-corrected chi connectivity index (χ1v) is 7.84. The summed E-state index contributed by atoms with van der Waals surface area (Å²) >= 11 is 0. The van der Waals surface area contributed by atoms with Gasteiger partial charge in [0.05, 0.1) is 17.6 Å². The first kappa shape index (κ1) is 14.0. The number of para-hydroxylation sites is 2. The zero-order valence-corrected chi connectivity index (χ0v) is 13.0. The highest BCUT2D eigenvalue weighted by atomic mass is 16.3. The molecule has 4 aromatic rings. The van der Waals surface area contributed by atoms with Gasteiger partial charge in [-0.3, -0.25) is 0 Å². The maximum atomic E-state index is 10.1. The van der Waals surface area contributed by atoms with E-state index in [1.54, 1.807) is 6.92 Å². The van der Waals surface area contributed by atoms with Crippen molar-refractivity contribution in [2.75, 3.05) is 0 Å². The first-order valence-electron chi connectivity index (χ1n) is 7.84. The van der Waals surface area contributed by atoms with Crippen LogP contribution in [0, 0.1) is 0 Å². The molecule has 1 N–H and O–H groups in total. The van der Waals surface area contributed by atoms with E-state index in [0.717, 1.165) is 11.0 Å². The highest BCUT2D eigenvalue weighted by Crippen LogP contribution is 2.25. The molecule has 1 atom stereocenters. The minimum absolute atomic E-state index is 0.600. The van der Waals surface area contributed by atoms with Crippen LogP contribution in [0.1, 0.15) is 24.4 Å². The minimum atomic E-state index is -0.600. The number of aromatic nitrogens is 2. The van der Waals surface area contributed by atoms with E-state index in [1.165, 1.54) is 16.3 Å². The molecule has 3 aromatic carbocycles. The number of rotatable bonds is 3. The molecule has 4 rings (SSSR count). The van der Waals surface area contributed by atoms with Crippen LogP contribution in [-0.2, 0) is 6.54 Å². The summed E-state index contributed by atoms with van der Waals surface area (Å²) in [5, 5.41) is 12.6. The largest absolute Gasteiger partial charge is 0.385 e. The molecule has 0 radical (unpaired) electrons. The Morgan fingerprint density at radius 2 is 1.70 bits per heavy atom. The average molecular weight is 302 g/mol. The van der Waals surface area contributed by atoms with Crippen molar-refractivity contribution in [3.05, 3.63) is 78.1 Å². The molecule has 0 unspecified atom stereocenters. The molecule has 3 nitrogen and oxygen atoms in total. The number of hydrogen-bond donors (Lipinski definition) is 1. The standard InChI is InChI=1S/C20H18N2O/c1-14(23)20-21-18-11-4-5-12-19(18)22(20)13-16-9-6-8-15-7-2-3-10-17(15)16/h2-12,14,23H,13H2,1H3/t14-/m0/s1. The van der Waals surface area contributed by atoms with Crippen molar-refractivity contribution in [2.24, 2.45) is 0 Å². The Morgan fingerprint density at radius 1 is 0.957 bits per heavy atom. The molecule has 0 saturated carbocycles. The van der Waals surface area contributed by atoms with Gasteiger partial charge in [-0.2, -0.15) is 0 Å². The van der Waals surface area contributed by atoms with Crippen molar-refractivity contribution in [3.8, 4) is 0 Å². The lowest BCUT2D eigenvalue weighted by atomic mass is 10.0. The minimum Gasteiger partial charge on any atom is -0.385 e.